The number of aryl methyl sites for hydroxylation is 1. The Labute approximate surface area is 143 Å². The van der Waals surface area contributed by atoms with E-state index < -0.39 is 0 Å². The first-order chi connectivity index (χ1) is 9.28. The van der Waals surface area contributed by atoms with E-state index in [1.54, 1.807) is 11.3 Å². The van der Waals surface area contributed by atoms with Crippen molar-refractivity contribution in [3.8, 4) is 0 Å². The van der Waals surface area contributed by atoms with E-state index in [1.807, 2.05) is 0 Å². The predicted octanol–water partition coefficient (Wildman–Crippen LogP) is 2.60. The van der Waals surface area contributed by atoms with Gasteiger partial charge in [0.15, 0.2) is 0 Å². The Hall–Kier alpha value is -0.360. The van der Waals surface area contributed by atoms with E-state index in [9.17, 15) is 4.79 Å². The zero-order valence-electron chi connectivity index (χ0n) is 12.4. The molecular weight excluding hydrogens is 329 g/mol. The number of nitrogens with zero attached hydrogens (tertiary/aromatic N) is 1. The smallest absolute Gasteiger partial charge is 0.220 e. The minimum absolute atomic E-state index is 0. The molecule has 21 heavy (non-hydrogen) atoms. The first-order valence-electron chi connectivity index (χ1n) is 7.18. The summed E-state index contributed by atoms with van der Waals surface area (Å²) in [6, 6.07) is 0. The molecule has 0 spiro atoms. The Morgan fingerprint density at radius 2 is 2.33 bits per heavy atom. The van der Waals surface area contributed by atoms with Crippen molar-refractivity contribution < 1.29 is 4.79 Å². The molecule has 2 rings (SSSR count). The third-order valence-electron chi connectivity index (χ3n) is 3.55. The fourth-order valence-corrected chi connectivity index (χ4v) is 3.12. The third kappa shape index (κ3) is 7.45. The van der Waals surface area contributed by atoms with Crippen LogP contribution in [0.3, 0.4) is 0 Å². The summed E-state index contributed by atoms with van der Waals surface area (Å²) in [6.45, 7) is 5.00. The number of amides is 1. The maximum absolute atomic E-state index is 11.7. The summed E-state index contributed by atoms with van der Waals surface area (Å²) in [5.41, 5.74) is 1.10. The predicted molar refractivity (Wildman–Crippen MR) is 92.9 cm³/mol. The van der Waals surface area contributed by atoms with Crippen LogP contribution < -0.4 is 10.6 Å². The van der Waals surface area contributed by atoms with E-state index in [2.05, 4.69) is 27.9 Å². The van der Waals surface area contributed by atoms with Gasteiger partial charge in [-0.2, -0.15) is 0 Å². The zero-order valence-corrected chi connectivity index (χ0v) is 14.8. The maximum Gasteiger partial charge on any atom is 0.220 e. The van der Waals surface area contributed by atoms with Crippen LogP contribution in [0.4, 0.5) is 0 Å². The number of carbonyl (C=O) groups excluding carboxylic acids is 1. The number of rotatable bonds is 7. The second kappa shape index (κ2) is 11.2. The number of carbonyl (C=O) groups is 1. The van der Waals surface area contributed by atoms with Gasteiger partial charge >= 0.3 is 0 Å². The molecule has 1 aromatic rings. The highest BCUT2D eigenvalue weighted by molar-refractivity contribution is 7.09. The van der Waals surface area contributed by atoms with E-state index >= 15 is 0 Å². The third-order valence-corrected chi connectivity index (χ3v) is 4.59. The normalized spacial score (nSPS) is 16.9. The van der Waals surface area contributed by atoms with Crippen molar-refractivity contribution in [2.24, 2.45) is 5.92 Å². The van der Waals surface area contributed by atoms with Gasteiger partial charge in [-0.25, -0.2) is 4.98 Å². The highest BCUT2D eigenvalue weighted by Gasteiger charge is 2.15. The van der Waals surface area contributed by atoms with Crippen molar-refractivity contribution in [2.75, 3.05) is 19.6 Å². The van der Waals surface area contributed by atoms with Crippen LogP contribution in [-0.4, -0.2) is 30.5 Å². The Morgan fingerprint density at radius 1 is 1.52 bits per heavy atom. The molecule has 1 saturated heterocycles. The van der Waals surface area contributed by atoms with E-state index in [0.717, 1.165) is 38.0 Å². The van der Waals surface area contributed by atoms with Gasteiger partial charge in [-0.05, 0) is 38.3 Å². The van der Waals surface area contributed by atoms with Crippen molar-refractivity contribution in [1.82, 2.24) is 15.6 Å². The van der Waals surface area contributed by atoms with E-state index in [1.165, 1.54) is 11.4 Å². The number of halogens is 2. The zero-order chi connectivity index (χ0) is 13.5. The van der Waals surface area contributed by atoms with Gasteiger partial charge in [0.1, 0.15) is 0 Å². The average Bonchev–Trinajstić information content (AvgIpc) is 3.07. The molecule has 0 bridgehead atoms. The van der Waals surface area contributed by atoms with Crippen LogP contribution in [0, 0.1) is 5.92 Å². The minimum Gasteiger partial charge on any atom is -0.356 e. The number of aromatic nitrogens is 1. The second-order valence-electron chi connectivity index (χ2n) is 5.08. The van der Waals surface area contributed by atoms with Gasteiger partial charge in [0.05, 0.1) is 10.7 Å². The topological polar surface area (TPSA) is 54.0 Å². The average molecular weight is 354 g/mol. The van der Waals surface area contributed by atoms with Gasteiger partial charge in [-0.1, -0.05) is 6.92 Å². The van der Waals surface area contributed by atoms with Crippen LogP contribution in [0.5, 0.6) is 0 Å². The quantitative estimate of drug-likeness (QED) is 0.791. The number of thiazole rings is 1. The molecule has 1 unspecified atom stereocenters. The van der Waals surface area contributed by atoms with Crippen LogP contribution in [0.1, 0.15) is 36.9 Å². The highest BCUT2D eigenvalue weighted by Crippen LogP contribution is 2.14. The molecule has 4 nitrogen and oxygen atoms in total. The van der Waals surface area contributed by atoms with Gasteiger partial charge in [-0.3, -0.25) is 4.79 Å². The fourth-order valence-electron chi connectivity index (χ4n) is 2.34. The lowest BCUT2D eigenvalue weighted by atomic mass is 10.0. The van der Waals surface area contributed by atoms with E-state index in [4.69, 9.17) is 0 Å². The van der Waals surface area contributed by atoms with Gasteiger partial charge < -0.3 is 10.6 Å². The van der Waals surface area contributed by atoms with E-state index in [-0.39, 0.29) is 30.7 Å². The van der Waals surface area contributed by atoms with Gasteiger partial charge in [0.2, 0.25) is 5.91 Å². The molecule has 0 aliphatic carbocycles. The largest absolute Gasteiger partial charge is 0.356 e. The molecule has 2 heterocycles. The van der Waals surface area contributed by atoms with Crippen LogP contribution in [-0.2, 0) is 17.6 Å². The molecule has 1 atom stereocenters. The van der Waals surface area contributed by atoms with Crippen molar-refractivity contribution in [1.29, 1.82) is 0 Å². The lowest BCUT2D eigenvalue weighted by molar-refractivity contribution is -0.121. The summed E-state index contributed by atoms with van der Waals surface area (Å²) >= 11 is 1.70. The molecule has 1 aliphatic heterocycles. The Kier molecular flexibility index (Phi) is 11.0. The van der Waals surface area contributed by atoms with Crippen molar-refractivity contribution in [3.05, 3.63) is 16.1 Å². The van der Waals surface area contributed by atoms with Gasteiger partial charge in [0.25, 0.3) is 0 Å². The Bertz CT molecular complexity index is 409. The lowest BCUT2D eigenvalue weighted by Gasteiger charge is -2.08. The van der Waals surface area contributed by atoms with Crippen LogP contribution in [0.25, 0.3) is 0 Å². The van der Waals surface area contributed by atoms with Gasteiger partial charge in [-0.15, -0.1) is 36.2 Å². The summed E-state index contributed by atoms with van der Waals surface area (Å²) < 4.78 is 0. The summed E-state index contributed by atoms with van der Waals surface area (Å²) in [4.78, 5) is 16.2. The molecule has 0 aromatic carbocycles. The first kappa shape index (κ1) is 20.6. The van der Waals surface area contributed by atoms with Crippen LogP contribution >= 0.6 is 36.2 Å². The molecule has 1 aliphatic rings. The molecule has 7 heteroatoms. The molecule has 122 valence electrons. The van der Waals surface area contributed by atoms with Crippen molar-refractivity contribution in [2.45, 2.75) is 39.0 Å². The second-order valence-corrected chi connectivity index (χ2v) is 6.03. The monoisotopic (exact) mass is 353 g/mol. The molecule has 1 fully saturated rings. The highest BCUT2D eigenvalue weighted by atomic mass is 35.5. The van der Waals surface area contributed by atoms with Crippen LogP contribution in [0.2, 0.25) is 0 Å². The first-order valence-corrected chi connectivity index (χ1v) is 8.06. The molecule has 0 saturated carbocycles. The summed E-state index contributed by atoms with van der Waals surface area (Å²) in [7, 11) is 0. The summed E-state index contributed by atoms with van der Waals surface area (Å²) in [5.74, 6) is 0.870. The molecule has 1 aromatic heterocycles. The van der Waals surface area contributed by atoms with E-state index in [0.29, 0.717) is 18.9 Å². The number of nitrogens with one attached hydrogen (secondary N) is 2. The summed E-state index contributed by atoms with van der Waals surface area (Å²) in [5, 5.41) is 9.59. The summed E-state index contributed by atoms with van der Waals surface area (Å²) in [6.07, 6.45) is 4.71. The molecular formula is C14H25Cl2N3OS. The fraction of sp³-hybridized carbons (Fsp3) is 0.714. The van der Waals surface area contributed by atoms with Crippen LogP contribution in [0.15, 0.2) is 5.38 Å². The van der Waals surface area contributed by atoms with Gasteiger partial charge in [0, 0.05) is 24.8 Å². The van der Waals surface area contributed by atoms with Crippen molar-refractivity contribution in [3.63, 3.8) is 0 Å². The standard InChI is InChI=1S/C14H23N3OS.2ClH/c1-2-14-17-12(10-19-14)6-8-16-13(18)4-3-11-5-7-15-9-11;;/h10-11,15H,2-9H2,1H3,(H,16,18);2*1H. The minimum atomic E-state index is 0. The number of hydrogen-bond acceptors (Lipinski definition) is 4. The Morgan fingerprint density at radius 3 is 2.95 bits per heavy atom. The molecule has 2 N–H and O–H groups in total. The lowest BCUT2D eigenvalue weighted by Crippen LogP contribution is -2.26. The maximum atomic E-state index is 11.7. The Balaban J connectivity index is 0.00000200. The number of hydrogen-bond donors (Lipinski definition) is 2. The molecule has 0 radical (unpaired) electrons. The van der Waals surface area contributed by atoms with Crippen molar-refractivity contribution >= 4 is 42.1 Å². The SMILES string of the molecule is CCc1nc(CCNC(=O)CCC2CCNC2)cs1.Cl.Cl. The molecule has 1 amide bonds.